The third-order valence-corrected chi connectivity index (χ3v) is 2.81. The number of nitrogens with zero attached hydrogens (tertiary/aromatic N) is 2. The van der Waals surface area contributed by atoms with Crippen LogP contribution in [-0.2, 0) is 0 Å². The molecule has 1 aliphatic heterocycles. The maximum absolute atomic E-state index is 11.0. The fourth-order valence-corrected chi connectivity index (χ4v) is 2.01. The monoisotopic (exact) mass is 232 g/mol. The Kier molecular flexibility index (Phi) is 2.55. The van der Waals surface area contributed by atoms with Gasteiger partial charge in [0.2, 0.25) is 0 Å². The summed E-state index contributed by atoms with van der Waals surface area (Å²) < 4.78 is 0. The molecule has 0 radical (unpaired) electrons. The van der Waals surface area contributed by atoms with Crippen molar-refractivity contribution in [2.24, 2.45) is 5.73 Å². The second-order valence-corrected chi connectivity index (χ2v) is 3.87. The van der Waals surface area contributed by atoms with Crippen molar-refractivity contribution in [1.29, 1.82) is 5.41 Å². The predicted octanol–water partition coefficient (Wildman–Crippen LogP) is 1.36. The molecule has 6 nitrogen and oxygen atoms in total. The molecule has 0 saturated heterocycles. The van der Waals surface area contributed by atoms with Crippen LogP contribution in [-0.4, -0.2) is 24.7 Å². The molecule has 0 aliphatic carbocycles. The fourth-order valence-electron chi connectivity index (χ4n) is 2.01. The van der Waals surface area contributed by atoms with Crippen LogP contribution in [0, 0.1) is 15.5 Å². The zero-order valence-corrected chi connectivity index (χ0v) is 9.30. The summed E-state index contributed by atoms with van der Waals surface area (Å²) in [5, 5.41) is 18.2. The summed E-state index contributed by atoms with van der Waals surface area (Å²) in [6.07, 6.45) is 1.19. The molecular formula is C11H12N4O2. The van der Waals surface area contributed by atoms with E-state index in [1.54, 1.807) is 24.1 Å². The molecule has 1 heterocycles. The maximum Gasteiger partial charge on any atom is 0.293 e. The Balaban J connectivity index is 2.72. The number of nitro groups is 1. The van der Waals surface area contributed by atoms with Crippen molar-refractivity contribution in [2.45, 2.75) is 0 Å². The van der Waals surface area contributed by atoms with Gasteiger partial charge in [0, 0.05) is 42.7 Å². The van der Waals surface area contributed by atoms with Gasteiger partial charge in [-0.25, -0.2) is 0 Å². The fraction of sp³-hybridized carbons (Fsp3) is 0.182. The molecule has 0 bridgehead atoms. The van der Waals surface area contributed by atoms with E-state index in [0.29, 0.717) is 29.1 Å². The molecule has 1 aliphatic rings. The van der Waals surface area contributed by atoms with Crippen LogP contribution in [0.3, 0.4) is 0 Å². The Morgan fingerprint density at radius 3 is 2.88 bits per heavy atom. The summed E-state index contributed by atoms with van der Waals surface area (Å²) in [5.74, 6) is 0. The lowest BCUT2D eigenvalue weighted by molar-refractivity contribution is -0.384. The number of rotatable bonds is 2. The van der Waals surface area contributed by atoms with Crippen molar-refractivity contribution < 1.29 is 4.92 Å². The number of anilines is 1. The Bertz CT molecular complexity index is 536. The van der Waals surface area contributed by atoms with Crippen molar-refractivity contribution in [3.05, 3.63) is 39.4 Å². The summed E-state index contributed by atoms with van der Waals surface area (Å²) in [5.41, 5.74) is 8.19. The van der Waals surface area contributed by atoms with Crippen molar-refractivity contribution in [3.63, 3.8) is 0 Å². The normalized spacial score (nSPS) is 14.5. The SMILES string of the molecule is CN1CC(C=N)=C(N)c2cccc([N+](=O)[O-])c21. The van der Waals surface area contributed by atoms with Gasteiger partial charge in [-0.2, -0.15) is 0 Å². The summed E-state index contributed by atoms with van der Waals surface area (Å²) in [7, 11) is 1.75. The van der Waals surface area contributed by atoms with Crippen LogP contribution >= 0.6 is 0 Å². The molecule has 1 aromatic rings. The third-order valence-electron chi connectivity index (χ3n) is 2.81. The number of hydrogen-bond acceptors (Lipinski definition) is 5. The Labute approximate surface area is 98.0 Å². The van der Waals surface area contributed by atoms with Crippen LogP contribution in [0.25, 0.3) is 5.70 Å². The van der Waals surface area contributed by atoms with Crippen molar-refractivity contribution >= 4 is 23.3 Å². The Morgan fingerprint density at radius 2 is 2.29 bits per heavy atom. The van der Waals surface area contributed by atoms with Crippen molar-refractivity contribution in [3.8, 4) is 0 Å². The molecule has 2 rings (SSSR count). The van der Waals surface area contributed by atoms with Crippen LogP contribution in [0.1, 0.15) is 5.56 Å². The minimum absolute atomic E-state index is 0.0389. The molecule has 0 atom stereocenters. The van der Waals surface area contributed by atoms with Crippen LogP contribution in [0.4, 0.5) is 11.4 Å². The van der Waals surface area contributed by atoms with Gasteiger partial charge in [0.1, 0.15) is 5.69 Å². The van der Waals surface area contributed by atoms with E-state index in [1.165, 1.54) is 12.3 Å². The minimum atomic E-state index is -0.419. The van der Waals surface area contributed by atoms with Crippen molar-refractivity contribution in [2.75, 3.05) is 18.5 Å². The second kappa shape index (κ2) is 3.89. The third kappa shape index (κ3) is 1.63. The molecule has 17 heavy (non-hydrogen) atoms. The number of likely N-dealkylation sites (N-methyl/N-ethyl adjacent to an activating group) is 1. The number of hydrogen-bond donors (Lipinski definition) is 2. The van der Waals surface area contributed by atoms with Gasteiger partial charge < -0.3 is 16.0 Å². The topological polar surface area (TPSA) is 96.2 Å². The lowest BCUT2D eigenvalue weighted by Crippen LogP contribution is -2.29. The van der Waals surface area contributed by atoms with Crippen LogP contribution in [0.5, 0.6) is 0 Å². The minimum Gasteiger partial charge on any atom is -0.398 e. The molecule has 3 N–H and O–H groups in total. The number of fused-ring (bicyclic) bond motifs is 1. The van der Waals surface area contributed by atoms with Gasteiger partial charge in [-0.05, 0) is 0 Å². The summed E-state index contributed by atoms with van der Waals surface area (Å²) >= 11 is 0. The first-order chi connectivity index (χ1) is 8.06. The number of benzene rings is 1. The van der Waals surface area contributed by atoms with Gasteiger partial charge in [-0.1, -0.05) is 12.1 Å². The predicted molar refractivity (Wildman–Crippen MR) is 66.3 cm³/mol. The largest absolute Gasteiger partial charge is 0.398 e. The maximum atomic E-state index is 11.0. The van der Waals surface area contributed by atoms with Gasteiger partial charge in [-0.3, -0.25) is 10.1 Å². The highest BCUT2D eigenvalue weighted by Gasteiger charge is 2.27. The average Bonchev–Trinajstić information content (AvgIpc) is 2.32. The molecule has 88 valence electrons. The lowest BCUT2D eigenvalue weighted by Gasteiger charge is -2.28. The molecule has 0 unspecified atom stereocenters. The highest BCUT2D eigenvalue weighted by Crippen LogP contribution is 2.37. The second-order valence-electron chi connectivity index (χ2n) is 3.87. The van der Waals surface area contributed by atoms with Crippen LogP contribution in [0.2, 0.25) is 0 Å². The summed E-state index contributed by atoms with van der Waals surface area (Å²) in [6, 6.07) is 4.79. The zero-order valence-electron chi connectivity index (χ0n) is 9.30. The zero-order chi connectivity index (χ0) is 12.6. The number of para-hydroxylation sites is 1. The van der Waals surface area contributed by atoms with Crippen LogP contribution < -0.4 is 10.6 Å². The first-order valence-corrected chi connectivity index (χ1v) is 5.04. The van der Waals surface area contributed by atoms with E-state index < -0.39 is 4.92 Å². The van der Waals surface area contributed by atoms with Gasteiger partial charge >= 0.3 is 0 Å². The number of nitro benzene ring substituents is 1. The average molecular weight is 232 g/mol. The molecule has 0 spiro atoms. The van der Waals surface area contributed by atoms with Gasteiger partial charge in [0.15, 0.2) is 0 Å². The van der Waals surface area contributed by atoms with E-state index in [-0.39, 0.29) is 5.69 Å². The van der Waals surface area contributed by atoms with Gasteiger partial charge in [-0.15, -0.1) is 0 Å². The molecule has 0 fully saturated rings. The first kappa shape index (κ1) is 11.1. The highest BCUT2D eigenvalue weighted by atomic mass is 16.6. The lowest BCUT2D eigenvalue weighted by atomic mass is 9.99. The smallest absolute Gasteiger partial charge is 0.293 e. The summed E-state index contributed by atoms with van der Waals surface area (Å²) in [6.45, 7) is 0.410. The van der Waals surface area contributed by atoms with E-state index in [4.69, 9.17) is 11.1 Å². The molecule has 0 amide bonds. The molecule has 0 saturated carbocycles. The van der Waals surface area contributed by atoms with E-state index >= 15 is 0 Å². The van der Waals surface area contributed by atoms with Crippen molar-refractivity contribution in [1.82, 2.24) is 0 Å². The highest BCUT2D eigenvalue weighted by molar-refractivity contribution is 5.96. The van der Waals surface area contributed by atoms with E-state index in [0.717, 1.165) is 0 Å². The molecule has 1 aromatic carbocycles. The molecular weight excluding hydrogens is 220 g/mol. The number of nitrogens with one attached hydrogen (secondary N) is 1. The quantitative estimate of drug-likeness (QED) is 0.457. The number of nitrogens with two attached hydrogens (primary N) is 1. The Morgan fingerprint density at radius 1 is 1.59 bits per heavy atom. The molecule has 0 aromatic heterocycles. The van der Waals surface area contributed by atoms with E-state index in [9.17, 15) is 10.1 Å². The van der Waals surface area contributed by atoms with E-state index in [2.05, 4.69) is 0 Å². The summed E-state index contributed by atoms with van der Waals surface area (Å²) in [4.78, 5) is 12.3. The standard InChI is InChI=1S/C11H12N4O2/c1-14-6-7(5-12)10(13)8-3-2-4-9(11(8)14)15(16)17/h2-5,12H,6,13H2,1H3. The van der Waals surface area contributed by atoms with Crippen LogP contribution in [0.15, 0.2) is 23.8 Å². The van der Waals surface area contributed by atoms with Gasteiger partial charge in [0.25, 0.3) is 5.69 Å². The van der Waals surface area contributed by atoms with Gasteiger partial charge in [0.05, 0.1) is 4.92 Å². The Hall–Kier alpha value is -2.37. The molecule has 6 heteroatoms. The van der Waals surface area contributed by atoms with E-state index in [1.807, 2.05) is 0 Å². The first-order valence-electron chi connectivity index (χ1n) is 5.04.